The van der Waals surface area contributed by atoms with Crippen LogP contribution in [0.3, 0.4) is 0 Å². The molecule has 0 aliphatic carbocycles. The van der Waals surface area contributed by atoms with Crippen molar-refractivity contribution in [2.24, 2.45) is 0 Å². The van der Waals surface area contributed by atoms with Crippen LogP contribution in [0.1, 0.15) is 46.2 Å². The average molecular weight is 283 g/mol. The number of esters is 2. The van der Waals surface area contributed by atoms with Gasteiger partial charge in [0, 0.05) is 13.0 Å². The van der Waals surface area contributed by atoms with Gasteiger partial charge in [0.05, 0.1) is 20.3 Å². The lowest BCUT2D eigenvalue weighted by molar-refractivity contribution is 0.0525. The Morgan fingerprint density at radius 2 is 2.05 bits per heavy atom. The summed E-state index contributed by atoms with van der Waals surface area (Å²) in [6, 6.07) is 0. The number of methoxy groups -OCH3 is 2. The van der Waals surface area contributed by atoms with E-state index in [-0.39, 0.29) is 17.6 Å². The second-order valence-corrected chi connectivity index (χ2v) is 4.44. The molecule has 7 nitrogen and oxygen atoms in total. The zero-order chi connectivity index (χ0) is 14.5. The first-order valence-corrected chi connectivity index (χ1v) is 6.43. The van der Waals surface area contributed by atoms with E-state index < -0.39 is 11.9 Å². The summed E-state index contributed by atoms with van der Waals surface area (Å²) >= 11 is 0. The first-order chi connectivity index (χ1) is 9.65. The van der Waals surface area contributed by atoms with Crippen molar-refractivity contribution in [3.8, 4) is 0 Å². The van der Waals surface area contributed by atoms with Gasteiger partial charge in [0.15, 0.2) is 5.89 Å². The van der Waals surface area contributed by atoms with Gasteiger partial charge in [-0.25, -0.2) is 14.6 Å². The van der Waals surface area contributed by atoms with Gasteiger partial charge < -0.3 is 18.6 Å². The minimum atomic E-state index is -0.749. The van der Waals surface area contributed by atoms with Gasteiger partial charge in [-0.3, -0.25) is 0 Å². The van der Waals surface area contributed by atoms with Crippen LogP contribution in [-0.2, 0) is 20.6 Å². The molecule has 0 radical (unpaired) electrons. The fourth-order valence-corrected chi connectivity index (χ4v) is 2.09. The number of rotatable bonds is 5. The molecule has 2 rings (SSSR count). The summed E-state index contributed by atoms with van der Waals surface area (Å²) < 4.78 is 19.9. The van der Waals surface area contributed by atoms with Gasteiger partial charge in [-0.05, 0) is 19.3 Å². The highest BCUT2D eigenvalue weighted by atomic mass is 16.5. The standard InChI is InChI=1S/C13H17NO6/c1-17-12(15)10-11(13(16)18-2)20-9(14-10)6-5-8-4-3-7-19-8/h8H,3-7H2,1-2H3. The second-order valence-electron chi connectivity index (χ2n) is 4.44. The topological polar surface area (TPSA) is 87.9 Å². The Hall–Kier alpha value is -1.89. The van der Waals surface area contributed by atoms with Crippen molar-refractivity contribution in [2.45, 2.75) is 31.8 Å². The molecule has 1 aliphatic heterocycles. The van der Waals surface area contributed by atoms with E-state index in [2.05, 4.69) is 14.5 Å². The summed E-state index contributed by atoms with van der Waals surface area (Å²) in [4.78, 5) is 27.1. The normalized spacial score (nSPS) is 18.0. The number of aryl methyl sites for hydroxylation is 1. The third-order valence-corrected chi connectivity index (χ3v) is 3.13. The fourth-order valence-electron chi connectivity index (χ4n) is 2.09. The second kappa shape index (κ2) is 6.51. The smallest absolute Gasteiger partial charge is 0.376 e. The molecular weight excluding hydrogens is 266 g/mol. The fraction of sp³-hybridized carbons (Fsp3) is 0.615. The van der Waals surface area contributed by atoms with E-state index in [1.807, 2.05) is 0 Å². The van der Waals surface area contributed by atoms with Crippen LogP contribution in [0.4, 0.5) is 0 Å². The molecule has 20 heavy (non-hydrogen) atoms. The number of hydrogen-bond acceptors (Lipinski definition) is 7. The van der Waals surface area contributed by atoms with Gasteiger partial charge in [-0.15, -0.1) is 0 Å². The molecule has 110 valence electrons. The molecule has 0 bridgehead atoms. The molecule has 1 fully saturated rings. The summed E-state index contributed by atoms with van der Waals surface area (Å²) in [5.74, 6) is -1.39. The van der Waals surface area contributed by atoms with Gasteiger partial charge >= 0.3 is 11.9 Å². The number of nitrogens with zero attached hydrogens (tertiary/aromatic N) is 1. The highest BCUT2D eigenvalue weighted by Gasteiger charge is 2.27. The van der Waals surface area contributed by atoms with E-state index in [1.54, 1.807) is 0 Å². The maximum atomic E-state index is 11.6. The Morgan fingerprint density at radius 1 is 1.30 bits per heavy atom. The van der Waals surface area contributed by atoms with Crippen molar-refractivity contribution in [3.63, 3.8) is 0 Å². The van der Waals surface area contributed by atoms with Crippen molar-refractivity contribution in [1.29, 1.82) is 0 Å². The van der Waals surface area contributed by atoms with Crippen molar-refractivity contribution in [3.05, 3.63) is 17.3 Å². The van der Waals surface area contributed by atoms with Crippen LogP contribution in [0.15, 0.2) is 4.42 Å². The van der Waals surface area contributed by atoms with Crippen molar-refractivity contribution < 1.29 is 28.2 Å². The molecule has 0 amide bonds. The molecule has 0 aromatic carbocycles. The van der Waals surface area contributed by atoms with Gasteiger partial charge in [-0.2, -0.15) is 0 Å². The van der Waals surface area contributed by atoms with E-state index >= 15 is 0 Å². The highest BCUT2D eigenvalue weighted by Crippen LogP contribution is 2.20. The van der Waals surface area contributed by atoms with E-state index in [0.717, 1.165) is 25.9 Å². The van der Waals surface area contributed by atoms with Crippen LogP contribution in [0, 0.1) is 0 Å². The molecule has 1 aromatic rings. The average Bonchev–Trinajstić information content (AvgIpc) is 3.12. The van der Waals surface area contributed by atoms with Crippen molar-refractivity contribution in [1.82, 2.24) is 4.98 Å². The summed E-state index contributed by atoms with van der Waals surface area (Å²) in [5, 5.41) is 0. The monoisotopic (exact) mass is 283 g/mol. The van der Waals surface area contributed by atoms with Crippen LogP contribution in [-0.4, -0.2) is 43.9 Å². The first-order valence-electron chi connectivity index (χ1n) is 6.43. The third-order valence-electron chi connectivity index (χ3n) is 3.13. The number of oxazole rings is 1. The maximum Gasteiger partial charge on any atom is 0.376 e. The van der Waals surface area contributed by atoms with E-state index in [9.17, 15) is 9.59 Å². The number of ether oxygens (including phenoxy) is 3. The number of aromatic nitrogens is 1. The predicted octanol–water partition coefficient (Wildman–Crippen LogP) is 1.36. The SMILES string of the molecule is COC(=O)c1nc(CCC2CCCO2)oc1C(=O)OC. The Kier molecular flexibility index (Phi) is 4.73. The van der Waals surface area contributed by atoms with Crippen LogP contribution < -0.4 is 0 Å². The largest absolute Gasteiger partial charge is 0.464 e. The third kappa shape index (κ3) is 3.16. The Bertz CT molecular complexity index is 456. The van der Waals surface area contributed by atoms with E-state index in [4.69, 9.17) is 9.15 Å². The van der Waals surface area contributed by atoms with Crippen LogP contribution >= 0.6 is 0 Å². The summed E-state index contributed by atoms with van der Waals surface area (Å²) in [6.45, 7) is 0.775. The Balaban J connectivity index is 2.10. The zero-order valence-corrected chi connectivity index (χ0v) is 11.5. The van der Waals surface area contributed by atoms with Gasteiger partial charge in [0.25, 0.3) is 0 Å². The van der Waals surface area contributed by atoms with Gasteiger partial charge in [0.2, 0.25) is 11.5 Å². The van der Waals surface area contributed by atoms with Gasteiger partial charge in [-0.1, -0.05) is 0 Å². The van der Waals surface area contributed by atoms with Gasteiger partial charge in [0.1, 0.15) is 0 Å². The molecule has 2 heterocycles. The predicted molar refractivity (Wildman–Crippen MR) is 66.5 cm³/mol. The van der Waals surface area contributed by atoms with Crippen molar-refractivity contribution >= 4 is 11.9 Å². The minimum absolute atomic E-state index is 0.151. The minimum Gasteiger partial charge on any atom is -0.464 e. The molecule has 1 aromatic heterocycles. The summed E-state index contributed by atoms with van der Waals surface area (Å²) in [7, 11) is 2.42. The first kappa shape index (κ1) is 14.5. The number of hydrogen-bond donors (Lipinski definition) is 0. The Morgan fingerprint density at radius 3 is 2.65 bits per heavy atom. The molecule has 7 heteroatoms. The molecule has 1 atom stereocenters. The number of carbonyl (C=O) groups excluding carboxylic acids is 2. The molecular formula is C13H17NO6. The molecule has 1 unspecified atom stereocenters. The molecule has 1 saturated heterocycles. The van der Waals surface area contributed by atoms with Crippen LogP contribution in [0.5, 0.6) is 0 Å². The molecule has 0 spiro atoms. The van der Waals surface area contributed by atoms with E-state index in [1.165, 1.54) is 14.2 Å². The Labute approximate surface area is 116 Å². The number of carbonyl (C=O) groups is 2. The van der Waals surface area contributed by atoms with E-state index in [0.29, 0.717) is 12.3 Å². The lowest BCUT2D eigenvalue weighted by Gasteiger charge is -2.05. The summed E-state index contributed by atoms with van der Waals surface area (Å²) in [5.41, 5.74) is -0.151. The highest BCUT2D eigenvalue weighted by molar-refractivity contribution is 5.99. The maximum absolute atomic E-state index is 11.6. The molecule has 1 aliphatic rings. The summed E-state index contributed by atoms with van der Waals surface area (Å²) in [6.07, 6.45) is 3.48. The lowest BCUT2D eigenvalue weighted by Crippen LogP contribution is -2.10. The van der Waals surface area contributed by atoms with Crippen LogP contribution in [0.25, 0.3) is 0 Å². The molecule has 0 N–H and O–H groups in total. The van der Waals surface area contributed by atoms with Crippen molar-refractivity contribution in [2.75, 3.05) is 20.8 Å². The van der Waals surface area contributed by atoms with Crippen LogP contribution in [0.2, 0.25) is 0 Å². The zero-order valence-electron chi connectivity index (χ0n) is 11.5. The molecule has 0 saturated carbocycles. The quantitative estimate of drug-likeness (QED) is 0.754. The lowest BCUT2D eigenvalue weighted by atomic mass is 10.1.